The van der Waals surface area contributed by atoms with Crippen molar-refractivity contribution in [2.75, 3.05) is 30.9 Å². The second kappa shape index (κ2) is 9.62. The first-order valence-corrected chi connectivity index (χ1v) is 10.9. The topological polar surface area (TPSA) is 100 Å². The predicted octanol–water partition coefficient (Wildman–Crippen LogP) is 2.63. The Kier molecular flexibility index (Phi) is 7.66. The van der Waals surface area contributed by atoms with Crippen LogP contribution in [0, 0.1) is 0 Å². The van der Waals surface area contributed by atoms with Crippen molar-refractivity contribution in [1.82, 2.24) is 24.4 Å². The van der Waals surface area contributed by atoms with Crippen LogP contribution in [0.25, 0.3) is 5.69 Å². The molecule has 30 heavy (non-hydrogen) atoms. The molecule has 2 heterocycles. The van der Waals surface area contributed by atoms with Crippen molar-refractivity contribution < 1.29 is 26.4 Å². The number of halogens is 4. The molecule has 0 aliphatic carbocycles. The summed E-state index contributed by atoms with van der Waals surface area (Å²) in [7, 11) is -3.97. The number of sulfonamides is 1. The molecular weight excluding hydrogens is 449 g/mol. The molecule has 0 spiro atoms. The Morgan fingerprint density at radius 2 is 2.07 bits per heavy atom. The minimum Gasteiger partial charge on any atom is -0.324 e. The molecule has 2 amide bonds. The summed E-state index contributed by atoms with van der Waals surface area (Å²) in [6, 6.07) is 2.67. The van der Waals surface area contributed by atoms with Crippen LogP contribution in [0.3, 0.4) is 0 Å². The SMILES string of the molecule is CCN(C(=O)NCN(CCC(F)(F)F)S(C)(=O)=O)c1cn(-c2cccnc2)nc1Cl. The number of carbonyl (C=O) groups is 1. The van der Waals surface area contributed by atoms with Gasteiger partial charge in [0.1, 0.15) is 5.69 Å². The van der Waals surface area contributed by atoms with Gasteiger partial charge in [0.2, 0.25) is 10.0 Å². The number of hydrogen-bond acceptors (Lipinski definition) is 5. The lowest BCUT2D eigenvalue weighted by Crippen LogP contribution is -2.47. The number of hydrogen-bond donors (Lipinski definition) is 1. The monoisotopic (exact) mass is 468 g/mol. The van der Waals surface area contributed by atoms with E-state index in [2.05, 4.69) is 15.4 Å². The highest BCUT2D eigenvalue weighted by Crippen LogP contribution is 2.26. The van der Waals surface area contributed by atoms with E-state index in [0.717, 1.165) is 6.26 Å². The zero-order valence-corrected chi connectivity index (χ0v) is 17.7. The smallest absolute Gasteiger partial charge is 0.324 e. The van der Waals surface area contributed by atoms with Gasteiger partial charge in [-0.1, -0.05) is 11.6 Å². The molecule has 0 saturated heterocycles. The molecule has 9 nitrogen and oxygen atoms in total. The normalized spacial score (nSPS) is 12.2. The van der Waals surface area contributed by atoms with Crippen LogP contribution in [0.4, 0.5) is 23.7 Å². The largest absolute Gasteiger partial charge is 0.390 e. The second-order valence-corrected chi connectivity index (χ2v) is 8.49. The molecule has 2 aromatic rings. The first-order valence-electron chi connectivity index (χ1n) is 8.65. The number of nitrogens with one attached hydrogen (secondary N) is 1. The second-order valence-electron chi connectivity index (χ2n) is 6.15. The van der Waals surface area contributed by atoms with Crippen molar-refractivity contribution in [3.05, 3.63) is 35.9 Å². The van der Waals surface area contributed by atoms with Gasteiger partial charge < -0.3 is 5.32 Å². The van der Waals surface area contributed by atoms with Crippen molar-refractivity contribution in [2.24, 2.45) is 0 Å². The fourth-order valence-electron chi connectivity index (χ4n) is 2.43. The van der Waals surface area contributed by atoms with Gasteiger partial charge in [0, 0.05) is 19.3 Å². The zero-order chi connectivity index (χ0) is 22.5. The van der Waals surface area contributed by atoms with Gasteiger partial charge in [0.25, 0.3) is 0 Å². The maximum absolute atomic E-state index is 12.6. The lowest BCUT2D eigenvalue weighted by molar-refractivity contribution is -0.135. The Labute approximate surface area is 176 Å². The molecule has 1 N–H and O–H groups in total. The summed E-state index contributed by atoms with van der Waals surface area (Å²) in [5.41, 5.74) is 0.833. The van der Waals surface area contributed by atoms with Crippen LogP contribution in [0.2, 0.25) is 5.15 Å². The number of anilines is 1. The highest BCUT2D eigenvalue weighted by molar-refractivity contribution is 7.88. The van der Waals surface area contributed by atoms with Gasteiger partial charge in [-0.25, -0.2) is 17.9 Å². The number of pyridine rings is 1. The highest BCUT2D eigenvalue weighted by atomic mass is 35.5. The summed E-state index contributed by atoms with van der Waals surface area (Å²) >= 11 is 6.14. The summed E-state index contributed by atoms with van der Waals surface area (Å²) in [5, 5.41) is 6.43. The number of aromatic nitrogens is 3. The number of amides is 2. The predicted molar refractivity (Wildman–Crippen MR) is 105 cm³/mol. The van der Waals surface area contributed by atoms with E-state index in [1.54, 1.807) is 25.3 Å². The van der Waals surface area contributed by atoms with Crippen molar-refractivity contribution in [2.45, 2.75) is 19.5 Å². The van der Waals surface area contributed by atoms with Crippen LogP contribution >= 0.6 is 11.6 Å². The maximum atomic E-state index is 12.6. The first kappa shape index (κ1) is 23.9. The molecule has 0 aliphatic rings. The Hall–Kier alpha value is -2.38. The molecule has 0 saturated carbocycles. The summed E-state index contributed by atoms with van der Waals surface area (Å²) < 4.78 is 62.8. The third-order valence-electron chi connectivity index (χ3n) is 3.93. The minimum absolute atomic E-state index is 0.00731. The van der Waals surface area contributed by atoms with E-state index < -0.39 is 41.9 Å². The van der Waals surface area contributed by atoms with E-state index in [-0.39, 0.29) is 17.4 Å². The molecule has 14 heteroatoms. The van der Waals surface area contributed by atoms with Gasteiger partial charge >= 0.3 is 12.2 Å². The van der Waals surface area contributed by atoms with Gasteiger partial charge in [0.05, 0.1) is 37.4 Å². The zero-order valence-electron chi connectivity index (χ0n) is 16.1. The maximum Gasteiger partial charge on any atom is 0.390 e. The Bertz CT molecular complexity index is 968. The molecule has 2 aromatic heterocycles. The van der Waals surface area contributed by atoms with E-state index in [0.29, 0.717) is 9.99 Å². The van der Waals surface area contributed by atoms with E-state index >= 15 is 0 Å². The van der Waals surface area contributed by atoms with E-state index in [4.69, 9.17) is 11.6 Å². The molecule has 0 aliphatic heterocycles. The lowest BCUT2D eigenvalue weighted by atomic mass is 10.4. The van der Waals surface area contributed by atoms with E-state index in [9.17, 15) is 26.4 Å². The molecule has 2 rings (SSSR count). The van der Waals surface area contributed by atoms with Gasteiger partial charge in [-0.2, -0.15) is 22.6 Å². The van der Waals surface area contributed by atoms with Crippen molar-refractivity contribution in [3.63, 3.8) is 0 Å². The number of carbonyl (C=O) groups excluding carboxylic acids is 1. The third kappa shape index (κ3) is 6.57. The quantitative estimate of drug-likeness (QED) is 0.600. The average Bonchev–Trinajstić information content (AvgIpc) is 3.02. The lowest BCUT2D eigenvalue weighted by Gasteiger charge is -2.24. The molecule has 0 radical (unpaired) electrons. The molecule has 166 valence electrons. The van der Waals surface area contributed by atoms with Gasteiger partial charge in [-0.05, 0) is 19.1 Å². The van der Waals surface area contributed by atoms with Crippen molar-refractivity contribution in [1.29, 1.82) is 0 Å². The van der Waals surface area contributed by atoms with Crippen molar-refractivity contribution in [3.8, 4) is 5.69 Å². The molecule has 0 fully saturated rings. The van der Waals surface area contributed by atoms with Crippen LogP contribution in [0.15, 0.2) is 30.7 Å². The summed E-state index contributed by atoms with van der Waals surface area (Å²) in [5.74, 6) is 0. The third-order valence-corrected chi connectivity index (χ3v) is 5.45. The standard InChI is InChI=1S/C16H20ClF3N6O3S/c1-3-25(13-10-26(23-14(13)17)12-5-4-7-21-9-12)15(27)22-11-24(30(2,28)29)8-6-16(18,19)20/h4-5,7,9-10H,3,6,8,11H2,1-2H3,(H,22,27). The molecule has 0 bridgehead atoms. The summed E-state index contributed by atoms with van der Waals surface area (Å²) in [6.45, 7) is 0.355. The molecule has 0 aromatic carbocycles. The Balaban J connectivity index is 2.13. The van der Waals surface area contributed by atoms with Gasteiger partial charge in [0.15, 0.2) is 5.15 Å². The first-order chi connectivity index (χ1) is 13.9. The number of rotatable bonds is 8. The average molecular weight is 469 g/mol. The van der Waals surface area contributed by atoms with Crippen LogP contribution in [0.5, 0.6) is 0 Å². The fraction of sp³-hybridized carbons (Fsp3) is 0.438. The van der Waals surface area contributed by atoms with E-state index in [1.165, 1.54) is 22.0 Å². The molecule has 0 atom stereocenters. The van der Waals surface area contributed by atoms with Crippen LogP contribution in [0.1, 0.15) is 13.3 Å². The van der Waals surface area contributed by atoms with Crippen LogP contribution < -0.4 is 10.2 Å². The highest BCUT2D eigenvalue weighted by Gasteiger charge is 2.30. The Morgan fingerprint density at radius 1 is 1.37 bits per heavy atom. The van der Waals surface area contributed by atoms with Crippen LogP contribution in [-0.4, -0.2) is 65.7 Å². The molecular formula is C16H20ClF3N6O3S. The number of alkyl halides is 3. The van der Waals surface area contributed by atoms with Gasteiger partial charge in [-0.15, -0.1) is 0 Å². The fourth-order valence-corrected chi connectivity index (χ4v) is 3.39. The minimum atomic E-state index is -4.53. The van der Waals surface area contributed by atoms with Crippen LogP contribution in [-0.2, 0) is 10.0 Å². The molecule has 0 unspecified atom stereocenters. The summed E-state index contributed by atoms with van der Waals surface area (Å²) in [6.07, 6.45) is -0.502. The van der Waals surface area contributed by atoms with Gasteiger partial charge in [-0.3, -0.25) is 9.88 Å². The number of urea groups is 1. The Morgan fingerprint density at radius 3 is 2.60 bits per heavy atom. The number of nitrogens with zero attached hydrogens (tertiary/aromatic N) is 5. The van der Waals surface area contributed by atoms with E-state index in [1.807, 2.05) is 0 Å². The van der Waals surface area contributed by atoms with Crippen molar-refractivity contribution >= 4 is 33.3 Å². The summed E-state index contributed by atoms with van der Waals surface area (Å²) in [4.78, 5) is 17.7.